The average Bonchev–Trinajstić information content (AvgIpc) is 2.67. The SMILES string of the molecule is COc1ccc(NC(=O)c2cccc(C(=O)NCCN(C)C)n2)c(OC)c1. The second kappa shape index (κ2) is 9.54. The number of carbonyl (C=O) groups excluding carboxylic acids is 2. The smallest absolute Gasteiger partial charge is 0.274 e. The molecule has 0 aliphatic carbocycles. The van der Waals surface area contributed by atoms with Gasteiger partial charge in [0.15, 0.2) is 0 Å². The van der Waals surface area contributed by atoms with E-state index in [1.165, 1.54) is 7.11 Å². The van der Waals surface area contributed by atoms with E-state index in [0.29, 0.717) is 30.3 Å². The van der Waals surface area contributed by atoms with Crippen LogP contribution in [0.2, 0.25) is 0 Å². The number of aromatic nitrogens is 1. The van der Waals surface area contributed by atoms with Crippen LogP contribution in [0.3, 0.4) is 0 Å². The minimum atomic E-state index is -0.443. The van der Waals surface area contributed by atoms with Crippen LogP contribution in [0.1, 0.15) is 21.0 Å². The normalized spacial score (nSPS) is 10.4. The van der Waals surface area contributed by atoms with Gasteiger partial charge < -0.3 is 25.0 Å². The topological polar surface area (TPSA) is 92.8 Å². The van der Waals surface area contributed by atoms with Crippen molar-refractivity contribution in [2.45, 2.75) is 0 Å². The van der Waals surface area contributed by atoms with Gasteiger partial charge in [0, 0.05) is 19.2 Å². The van der Waals surface area contributed by atoms with Crippen molar-refractivity contribution in [1.29, 1.82) is 0 Å². The van der Waals surface area contributed by atoms with Crippen LogP contribution in [0.4, 0.5) is 5.69 Å². The van der Waals surface area contributed by atoms with E-state index < -0.39 is 5.91 Å². The van der Waals surface area contributed by atoms with Crippen molar-refractivity contribution in [2.24, 2.45) is 0 Å². The second-order valence-electron chi connectivity index (χ2n) is 5.99. The van der Waals surface area contributed by atoms with Gasteiger partial charge in [-0.1, -0.05) is 6.07 Å². The monoisotopic (exact) mass is 372 g/mol. The molecule has 0 aliphatic heterocycles. The molecule has 1 aromatic carbocycles. The van der Waals surface area contributed by atoms with E-state index in [9.17, 15) is 9.59 Å². The van der Waals surface area contributed by atoms with E-state index in [4.69, 9.17) is 9.47 Å². The zero-order valence-corrected chi connectivity index (χ0v) is 15.9. The molecule has 0 radical (unpaired) electrons. The molecule has 2 amide bonds. The highest BCUT2D eigenvalue weighted by molar-refractivity contribution is 6.04. The molecular weight excluding hydrogens is 348 g/mol. The summed E-state index contributed by atoms with van der Waals surface area (Å²) in [5.41, 5.74) is 0.794. The fourth-order valence-corrected chi connectivity index (χ4v) is 2.26. The van der Waals surface area contributed by atoms with Gasteiger partial charge in [0.2, 0.25) is 0 Å². The minimum absolute atomic E-state index is 0.133. The highest BCUT2D eigenvalue weighted by Crippen LogP contribution is 2.29. The predicted molar refractivity (Wildman–Crippen MR) is 103 cm³/mol. The Hall–Kier alpha value is -3.13. The van der Waals surface area contributed by atoms with Crippen LogP contribution in [0.25, 0.3) is 0 Å². The maximum absolute atomic E-state index is 12.5. The summed E-state index contributed by atoms with van der Waals surface area (Å²) in [5, 5.41) is 5.50. The van der Waals surface area contributed by atoms with Crippen molar-refractivity contribution < 1.29 is 19.1 Å². The van der Waals surface area contributed by atoms with Gasteiger partial charge in [-0.3, -0.25) is 9.59 Å². The first-order valence-electron chi connectivity index (χ1n) is 8.38. The Labute approximate surface area is 158 Å². The zero-order valence-electron chi connectivity index (χ0n) is 15.9. The molecule has 0 unspecified atom stereocenters. The largest absolute Gasteiger partial charge is 0.497 e. The number of ether oxygens (including phenoxy) is 2. The number of anilines is 1. The van der Waals surface area contributed by atoms with Crippen LogP contribution in [-0.2, 0) is 0 Å². The summed E-state index contributed by atoms with van der Waals surface area (Å²) in [6.07, 6.45) is 0. The number of hydrogen-bond acceptors (Lipinski definition) is 6. The molecule has 0 saturated carbocycles. The van der Waals surface area contributed by atoms with E-state index in [1.807, 2.05) is 19.0 Å². The third kappa shape index (κ3) is 5.68. The summed E-state index contributed by atoms with van der Waals surface area (Å²) in [4.78, 5) is 30.8. The summed E-state index contributed by atoms with van der Waals surface area (Å²) in [5.74, 6) is 0.301. The third-order valence-corrected chi connectivity index (χ3v) is 3.72. The molecule has 0 fully saturated rings. The maximum atomic E-state index is 12.5. The lowest BCUT2D eigenvalue weighted by atomic mass is 10.2. The molecule has 0 bridgehead atoms. The van der Waals surface area contributed by atoms with E-state index >= 15 is 0 Å². The number of likely N-dealkylation sites (N-methyl/N-ethyl adjacent to an activating group) is 1. The lowest BCUT2D eigenvalue weighted by molar-refractivity contribution is 0.0946. The molecule has 2 aromatic rings. The summed E-state index contributed by atoms with van der Waals surface area (Å²) in [7, 11) is 6.89. The van der Waals surface area contributed by atoms with Gasteiger partial charge in [0.05, 0.1) is 19.9 Å². The number of carbonyl (C=O) groups is 2. The lowest BCUT2D eigenvalue weighted by Gasteiger charge is -2.12. The fraction of sp³-hybridized carbons (Fsp3) is 0.316. The van der Waals surface area contributed by atoms with Crippen molar-refractivity contribution in [3.63, 3.8) is 0 Å². The highest BCUT2D eigenvalue weighted by atomic mass is 16.5. The summed E-state index contributed by atoms with van der Waals surface area (Å²) >= 11 is 0. The van der Waals surface area contributed by atoms with E-state index in [0.717, 1.165) is 0 Å². The van der Waals surface area contributed by atoms with Crippen LogP contribution < -0.4 is 20.1 Å². The van der Waals surface area contributed by atoms with Crippen molar-refractivity contribution in [2.75, 3.05) is 46.7 Å². The number of pyridine rings is 1. The van der Waals surface area contributed by atoms with Crippen LogP contribution in [0.15, 0.2) is 36.4 Å². The van der Waals surface area contributed by atoms with Gasteiger partial charge in [0.1, 0.15) is 22.9 Å². The fourth-order valence-electron chi connectivity index (χ4n) is 2.26. The molecule has 1 heterocycles. The zero-order chi connectivity index (χ0) is 19.8. The molecule has 2 rings (SSSR count). The molecule has 0 spiro atoms. The Morgan fingerprint density at radius 2 is 1.74 bits per heavy atom. The van der Waals surface area contributed by atoms with Crippen LogP contribution in [0, 0.1) is 0 Å². The van der Waals surface area contributed by atoms with Crippen LogP contribution in [0.5, 0.6) is 11.5 Å². The summed E-state index contributed by atoms with van der Waals surface area (Å²) in [6.45, 7) is 1.20. The number of rotatable bonds is 8. The van der Waals surface area contributed by atoms with Gasteiger partial charge in [-0.25, -0.2) is 4.98 Å². The van der Waals surface area contributed by atoms with Gasteiger partial charge in [-0.2, -0.15) is 0 Å². The molecule has 0 aliphatic rings. The quantitative estimate of drug-likeness (QED) is 0.732. The first kappa shape index (κ1) is 20.2. The Morgan fingerprint density at radius 3 is 2.37 bits per heavy atom. The van der Waals surface area contributed by atoms with Gasteiger partial charge in [-0.15, -0.1) is 0 Å². The van der Waals surface area contributed by atoms with Crippen LogP contribution in [-0.4, -0.2) is 63.1 Å². The van der Waals surface area contributed by atoms with Gasteiger partial charge in [-0.05, 0) is 38.4 Å². The number of hydrogen-bond donors (Lipinski definition) is 2. The van der Waals surface area contributed by atoms with Crippen molar-refractivity contribution in [1.82, 2.24) is 15.2 Å². The van der Waals surface area contributed by atoms with Crippen molar-refractivity contribution in [3.8, 4) is 11.5 Å². The van der Waals surface area contributed by atoms with Crippen molar-refractivity contribution in [3.05, 3.63) is 47.8 Å². The van der Waals surface area contributed by atoms with E-state index in [2.05, 4.69) is 15.6 Å². The first-order chi connectivity index (χ1) is 12.9. The number of amides is 2. The van der Waals surface area contributed by atoms with Crippen LogP contribution >= 0.6 is 0 Å². The molecule has 8 nitrogen and oxygen atoms in total. The van der Waals surface area contributed by atoms with Crippen molar-refractivity contribution >= 4 is 17.5 Å². The second-order valence-corrected chi connectivity index (χ2v) is 5.99. The predicted octanol–water partition coefficient (Wildman–Crippen LogP) is 1.64. The Kier molecular flexibility index (Phi) is 7.13. The molecule has 2 N–H and O–H groups in total. The first-order valence-corrected chi connectivity index (χ1v) is 8.38. The Bertz CT molecular complexity index is 808. The Balaban J connectivity index is 2.10. The number of methoxy groups -OCH3 is 2. The van der Waals surface area contributed by atoms with Gasteiger partial charge >= 0.3 is 0 Å². The summed E-state index contributed by atoms with van der Waals surface area (Å²) < 4.78 is 10.4. The van der Waals surface area contributed by atoms with Gasteiger partial charge in [0.25, 0.3) is 11.8 Å². The Morgan fingerprint density at radius 1 is 1.04 bits per heavy atom. The number of nitrogens with zero attached hydrogens (tertiary/aromatic N) is 2. The molecular formula is C19H24N4O4. The lowest BCUT2D eigenvalue weighted by Crippen LogP contribution is -2.32. The molecule has 1 aromatic heterocycles. The molecule has 0 saturated heterocycles. The molecule has 144 valence electrons. The van der Waals surface area contributed by atoms with E-state index in [-0.39, 0.29) is 17.3 Å². The average molecular weight is 372 g/mol. The van der Waals surface area contributed by atoms with E-state index in [1.54, 1.807) is 43.5 Å². The molecule has 27 heavy (non-hydrogen) atoms. The highest BCUT2D eigenvalue weighted by Gasteiger charge is 2.14. The molecule has 8 heteroatoms. The summed E-state index contributed by atoms with van der Waals surface area (Å²) in [6, 6.07) is 9.77. The number of benzene rings is 1. The number of nitrogens with one attached hydrogen (secondary N) is 2. The minimum Gasteiger partial charge on any atom is -0.497 e. The standard InChI is InChI=1S/C19H24N4O4/c1-23(2)11-10-20-18(24)15-6-5-7-16(21-15)19(25)22-14-9-8-13(26-3)12-17(14)27-4/h5-9,12H,10-11H2,1-4H3,(H,20,24)(H,22,25). The third-order valence-electron chi connectivity index (χ3n) is 3.72. The molecule has 0 atom stereocenters. The maximum Gasteiger partial charge on any atom is 0.274 e.